The molecule has 0 spiro atoms. The van der Waals surface area contributed by atoms with Gasteiger partial charge in [-0.15, -0.1) is 0 Å². The van der Waals surface area contributed by atoms with Gasteiger partial charge in [-0.2, -0.15) is 15.3 Å². The van der Waals surface area contributed by atoms with Gasteiger partial charge in [0.2, 0.25) is 5.95 Å². The molecule has 0 saturated heterocycles. The van der Waals surface area contributed by atoms with Crippen LogP contribution in [-0.4, -0.2) is 34.1 Å². The van der Waals surface area contributed by atoms with E-state index >= 15 is 0 Å². The molecule has 4 heterocycles. The van der Waals surface area contributed by atoms with E-state index in [4.69, 9.17) is 4.98 Å². The summed E-state index contributed by atoms with van der Waals surface area (Å²) in [5, 5.41) is 17.3. The standard InChI is InChI=1S/C23H23N9O/c1-12-2-18-26-11-27-31(18)9-17(12)28-21-25-8-16-20(30-21)32(22(33)29-16)19-14-3-13-4-15(19)7-23(5-13,6-14)10-24/h2,8-9,11,13-15,19H,3-7H2,1H3,(H,29,33)(H,25,28,30). The third-order valence-electron chi connectivity index (χ3n) is 8.09. The summed E-state index contributed by atoms with van der Waals surface area (Å²) in [6.45, 7) is 1.99. The second kappa shape index (κ2) is 6.41. The van der Waals surface area contributed by atoms with E-state index in [-0.39, 0.29) is 17.1 Å². The second-order valence-electron chi connectivity index (χ2n) is 10.1. The highest BCUT2D eigenvalue weighted by atomic mass is 16.1. The van der Waals surface area contributed by atoms with E-state index in [1.165, 1.54) is 6.33 Å². The molecule has 4 aliphatic carbocycles. The van der Waals surface area contributed by atoms with Gasteiger partial charge in [0.15, 0.2) is 11.3 Å². The molecule has 0 aliphatic heterocycles. The van der Waals surface area contributed by atoms with Gasteiger partial charge in [0.25, 0.3) is 0 Å². The summed E-state index contributed by atoms with van der Waals surface area (Å²) in [6, 6.07) is 4.66. The number of pyridine rings is 1. The lowest BCUT2D eigenvalue weighted by atomic mass is 9.48. The summed E-state index contributed by atoms with van der Waals surface area (Å²) in [6.07, 6.45) is 10.0. The van der Waals surface area contributed by atoms with Gasteiger partial charge in [0.1, 0.15) is 11.8 Å². The molecule has 2 unspecified atom stereocenters. The first-order chi connectivity index (χ1) is 16.0. The highest BCUT2D eigenvalue weighted by molar-refractivity contribution is 5.72. The van der Waals surface area contributed by atoms with Gasteiger partial charge in [0.05, 0.1) is 29.6 Å². The molecule has 0 amide bonds. The predicted octanol–water partition coefficient (Wildman–Crippen LogP) is 3.11. The lowest BCUT2D eigenvalue weighted by molar-refractivity contribution is -0.0611. The molecule has 4 aliphatic rings. The smallest absolute Gasteiger partial charge is 0.323 e. The van der Waals surface area contributed by atoms with E-state index in [0.717, 1.165) is 49.0 Å². The molecule has 2 atom stereocenters. The molecule has 166 valence electrons. The fourth-order valence-electron chi connectivity index (χ4n) is 7.02. The zero-order chi connectivity index (χ0) is 22.3. The molecule has 2 N–H and O–H groups in total. The zero-order valence-electron chi connectivity index (χ0n) is 18.2. The van der Waals surface area contributed by atoms with E-state index in [1.54, 1.807) is 10.7 Å². The number of anilines is 2. The summed E-state index contributed by atoms with van der Waals surface area (Å²) < 4.78 is 3.55. The van der Waals surface area contributed by atoms with Gasteiger partial charge in [-0.3, -0.25) is 4.57 Å². The number of hydrogen-bond donors (Lipinski definition) is 2. The topological polar surface area (TPSA) is 130 Å². The minimum absolute atomic E-state index is 0.0836. The molecule has 0 aromatic carbocycles. The number of imidazole rings is 1. The Kier molecular flexibility index (Phi) is 3.65. The zero-order valence-corrected chi connectivity index (χ0v) is 18.2. The quantitative estimate of drug-likeness (QED) is 0.500. The SMILES string of the molecule is Cc1cc2ncnn2cc1Nc1ncc2[nH]c(=O)n(C3C4CC5CC3CC(C#N)(C5)C4)c2n1. The summed E-state index contributed by atoms with van der Waals surface area (Å²) in [7, 11) is 0. The maximum absolute atomic E-state index is 13.1. The van der Waals surface area contributed by atoms with Gasteiger partial charge < -0.3 is 10.3 Å². The first kappa shape index (κ1) is 18.8. The highest BCUT2D eigenvalue weighted by Crippen LogP contribution is 2.63. The average molecular weight is 441 g/mol. The largest absolute Gasteiger partial charge is 0.327 e. The van der Waals surface area contributed by atoms with Crippen molar-refractivity contribution in [3.63, 3.8) is 0 Å². The van der Waals surface area contributed by atoms with Crippen molar-refractivity contribution in [2.24, 2.45) is 23.2 Å². The molecular weight excluding hydrogens is 418 g/mol. The molecule has 4 saturated carbocycles. The second-order valence-corrected chi connectivity index (χ2v) is 10.1. The summed E-state index contributed by atoms with van der Waals surface area (Å²) in [5.41, 5.74) is 3.52. The van der Waals surface area contributed by atoms with Crippen molar-refractivity contribution in [2.45, 2.75) is 45.1 Å². The molecule has 0 radical (unpaired) electrons. The number of nitriles is 1. The molecule has 4 fully saturated rings. The number of hydrogen-bond acceptors (Lipinski definition) is 7. The number of H-pyrrole nitrogens is 1. The van der Waals surface area contributed by atoms with Crippen LogP contribution in [0, 0.1) is 41.4 Å². The molecule has 10 nitrogen and oxygen atoms in total. The first-order valence-electron chi connectivity index (χ1n) is 11.5. The van der Waals surface area contributed by atoms with Crippen LogP contribution in [0.2, 0.25) is 0 Å². The Balaban J connectivity index is 1.29. The maximum Gasteiger partial charge on any atom is 0.327 e. The van der Waals surface area contributed by atoms with Crippen molar-refractivity contribution < 1.29 is 0 Å². The molecule has 4 aromatic rings. The Morgan fingerprint density at radius 3 is 2.85 bits per heavy atom. The predicted molar refractivity (Wildman–Crippen MR) is 120 cm³/mol. The van der Waals surface area contributed by atoms with Crippen molar-refractivity contribution in [1.29, 1.82) is 5.26 Å². The fraction of sp³-hybridized carbons (Fsp3) is 0.478. The normalized spacial score (nSPS) is 30.2. The highest BCUT2D eigenvalue weighted by Gasteiger charge is 2.56. The molecule has 4 bridgehead atoms. The van der Waals surface area contributed by atoms with Gasteiger partial charge in [0, 0.05) is 6.04 Å². The van der Waals surface area contributed by atoms with Gasteiger partial charge >= 0.3 is 5.69 Å². The van der Waals surface area contributed by atoms with Crippen molar-refractivity contribution >= 4 is 28.4 Å². The van der Waals surface area contributed by atoms with Crippen LogP contribution in [0.25, 0.3) is 16.8 Å². The van der Waals surface area contributed by atoms with Crippen LogP contribution < -0.4 is 11.0 Å². The van der Waals surface area contributed by atoms with Crippen LogP contribution >= 0.6 is 0 Å². The van der Waals surface area contributed by atoms with E-state index < -0.39 is 0 Å². The number of fused-ring (bicyclic) bond motifs is 2. The monoisotopic (exact) mass is 441 g/mol. The Morgan fingerprint density at radius 1 is 1.24 bits per heavy atom. The Hall–Kier alpha value is -3.74. The van der Waals surface area contributed by atoms with E-state index in [2.05, 4.69) is 31.4 Å². The van der Waals surface area contributed by atoms with Crippen LogP contribution in [0.5, 0.6) is 0 Å². The van der Waals surface area contributed by atoms with Crippen LogP contribution in [0.15, 0.2) is 29.6 Å². The number of nitrogens with one attached hydrogen (secondary N) is 2. The van der Waals surface area contributed by atoms with Crippen LogP contribution in [-0.2, 0) is 0 Å². The van der Waals surface area contributed by atoms with Crippen LogP contribution in [0.1, 0.15) is 43.7 Å². The van der Waals surface area contributed by atoms with E-state index in [9.17, 15) is 10.1 Å². The summed E-state index contributed by atoms with van der Waals surface area (Å²) in [5.74, 6) is 1.72. The van der Waals surface area contributed by atoms with E-state index in [1.807, 2.05) is 23.8 Å². The Bertz CT molecular complexity index is 1510. The molecule has 8 rings (SSSR count). The van der Waals surface area contributed by atoms with Crippen molar-refractivity contribution in [1.82, 2.24) is 34.1 Å². The number of aromatic nitrogens is 7. The van der Waals surface area contributed by atoms with Crippen molar-refractivity contribution in [3.8, 4) is 6.07 Å². The molecule has 10 heteroatoms. The Labute approximate surface area is 188 Å². The average Bonchev–Trinajstić information content (AvgIpc) is 3.37. The number of rotatable bonds is 3. The molecule has 4 aromatic heterocycles. The third kappa shape index (κ3) is 2.68. The van der Waals surface area contributed by atoms with Gasteiger partial charge in [-0.25, -0.2) is 19.3 Å². The first-order valence-corrected chi connectivity index (χ1v) is 11.5. The minimum atomic E-state index is -0.193. The van der Waals surface area contributed by atoms with Crippen LogP contribution in [0.3, 0.4) is 0 Å². The maximum atomic E-state index is 13.1. The van der Waals surface area contributed by atoms with Crippen LogP contribution in [0.4, 0.5) is 11.6 Å². The van der Waals surface area contributed by atoms with Gasteiger partial charge in [-0.05, 0) is 68.4 Å². The van der Waals surface area contributed by atoms with Crippen molar-refractivity contribution in [3.05, 3.63) is 40.8 Å². The number of aromatic amines is 1. The number of nitrogens with zero attached hydrogens (tertiary/aromatic N) is 7. The lowest BCUT2D eigenvalue weighted by Crippen LogP contribution is -2.52. The summed E-state index contributed by atoms with van der Waals surface area (Å²) >= 11 is 0. The van der Waals surface area contributed by atoms with Crippen molar-refractivity contribution in [2.75, 3.05) is 5.32 Å². The summed E-state index contributed by atoms with van der Waals surface area (Å²) in [4.78, 5) is 29.5. The molecular formula is C23H23N9O. The number of aryl methyl sites for hydroxylation is 1. The third-order valence-corrected chi connectivity index (χ3v) is 8.09. The molecule has 33 heavy (non-hydrogen) atoms. The Morgan fingerprint density at radius 2 is 2.06 bits per heavy atom. The van der Waals surface area contributed by atoms with E-state index in [0.29, 0.717) is 34.9 Å². The van der Waals surface area contributed by atoms with Gasteiger partial charge in [-0.1, -0.05) is 0 Å². The lowest BCUT2D eigenvalue weighted by Gasteiger charge is -2.57. The minimum Gasteiger partial charge on any atom is -0.323 e. The fourth-order valence-corrected chi connectivity index (χ4v) is 7.02.